The van der Waals surface area contributed by atoms with Crippen molar-refractivity contribution in [3.8, 4) is 0 Å². The fraction of sp³-hybridized carbons (Fsp3) is 0.160. The van der Waals surface area contributed by atoms with Crippen molar-refractivity contribution in [2.45, 2.75) is 17.9 Å². The van der Waals surface area contributed by atoms with Gasteiger partial charge in [0.25, 0.3) is 10.0 Å². The molecule has 5 heteroatoms. The van der Waals surface area contributed by atoms with E-state index in [9.17, 15) is 8.42 Å². The van der Waals surface area contributed by atoms with Crippen molar-refractivity contribution in [1.82, 2.24) is 0 Å². The van der Waals surface area contributed by atoms with Crippen molar-refractivity contribution in [2.75, 3.05) is 11.4 Å². The first-order valence-electron chi connectivity index (χ1n) is 9.76. The van der Waals surface area contributed by atoms with E-state index < -0.39 is 16.1 Å². The van der Waals surface area contributed by atoms with E-state index in [2.05, 4.69) is 6.58 Å². The summed E-state index contributed by atoms with van der Waals surface area (Å²) in [5, 5.41) is 0. The minimum atomic E-state index is -3.86. The first-order chi connectivity index (χ1) is 14.4. The second kappa shape index (κ2) is 8.00. The Kier molecular flexibility index (Phi) is 5.39. The Morgan fingerprint density at radius 3 is 2.33 bits per heavy atom. The third-order valence-electron chi connectivity index (χ3n) is 5.48. The highest BCUT2D eigenvalue weighted by atomic mass is 32.2. The van der Waals surface area contributed by atoms with E-state index in [1.807, 2.05) is 80.1 Å². The third-order valence-corrected chi connectivity index (χ3v) is 7.30. The predicted molar refractivity (Wildman–Crippen MR) is 120 cm³/mol. The smallest absolute Gasteiger partial charge is 0.264 e. The molecule has 0 heterocycles. The van der Waals surface area contributed by atoms with Crippen LogP contribution in [0.2, 0.25) is 0 Å². The van der Waals surface area contributed by atoms with Gasteiger partial charge < -0.3 is 4.74 Å². The number of aryl methyl sites for hydroxylation is 1. The zero-order valence-electron chi connectivity index (χ0n) is 17.0. The summed E-state index contributed by atoms with van der Waals surface area (Å²) in [6.45, 7) is 6.15. The maximum atomic E-state index is 13.9. The van der Waals surface area contributed by atoms with Crippen molar-refractivity contribution in [2.24, 2.45) is 5.92 Å². The average molecular weight is 419 g/mol. The van der Waals surface area contributed by atoms with E-state index in [0.29, 0.717) is 17.0 Å². The summed E-state index contributed by atoms with van der Waals surface area (Å²) in [7, 11) is -2.27. The number of ether oxygens (including phenoxy) is 1. The normalized spacial score (nSPS) is 20.8. The third kappa shape index (κ3) is 3.50. The molecule has 4 rings (SSSR count). The Morgan fingerprint density at radius 1 is 1.03 bits per heavy atom. The van der Waals surface area contributed by atoms with Gasteiger partial charge in [0.15, 0.2) is 0 Å². The van der Waals surface area contributed by atoms with Gasteiger partial charge in [0.1, 0.15) is 5.76 Å². The molecule has 0 unspecified atom stereocenters. The highest BCUT2D eigenvalue weighted by Gasteiger charge is 2.43. The van der Waals surface area contributed by atoms with Gasteiger partial charge in [0.2, 0.25) is 0 Å². The van der Waals surface area contributed by atoms with Crippen molar-refractivity contribution in [3.05, 3.63) is 114 Å². The molecule has 153 valence electrons. The molecule has 0 spiro atoms. The standard InChI is InChI=1S/C25H24NO3S/c1-18-13-15-22(16-14-18)30(27,28)26(21-11-5-4-6-12-21)25-19(2)24(29-3)17-23(25)20-9-7-8-10-20/h4-17,23,25H,2H2,1,3H3/t23-,25+/m1/s1. The Morgan fingerprint density at radius 2 is 1.73 bits per heavy atom. The monoisotopic (exact) mass is 418 g/mol. The summed E-state index contributed by atoms with van der Waals surface area (Å²) in [6, 6.07) is 15.6. The second-order valence-corrected chi connectivity index (χ2v) is 9.21. The lowest BCUT2D eigenvalue weighted by atomic mass is 9.93. The molecular weight excluding hydrogens is 394 g/mol. The number of hydrogen-bond acceptors (Lipinski definition) is 3. The SMILES string of the molecule is C=C1C(OC)=C[C@H](C2=C[CH]C=C2)[C@H]1N(c1ccccc1)S(=O)(=O)c1ccc(C)cc1. The summed E-state index contributed by atoms with van der Waals surface area (Å²) in [6.07, 6.45) is 9.87. The molecule has 0 aromatic heterocycles. The van der Waals surface area contributed by atoms with Gasteiger partial charge >= 0.3 is 0 Å². The molecule has 0 bridgehead atoms. The van der Waals surface area contributed by atoms with Crippen LogP contribution in [0.15, 0.2) is 107 Å². The van der Waals surface area contributed by atoms with Gasteiger partial charge in [0.05, 0.1) is 23.7 Å². The molecule has 2 aliphatic rings. The van der Waals surface area contributed by atoms with Gasteiger partial charge in [-0.3, -0.25) is 4.31 Å². The lowest BCUT2D eigenvalue weighted by Crippen LogP contribution is -2.44. The van der Waals surface area contributed by atoms with Crippen LogP contribution in [0, 0.1) is 19.3 Å². The minimum absolute atomic E-state index is 0.206. The molecule has 0 saturated heterocycles. The maximum Gasteiger partial charge on any atom is 0.264 e. The van der Waals surface area contributed by atoms with E-state index in [-0.39, 0.29) is 10.8 Å². The highest BCUT2D eigenvalue weighted by molar-refractivity contribution is 7.92. The number of para-hydroxylation sites is 1. The molecule has 0 amide bonds. The summed E-state index contributed by atoms with van der Waals surface area (Å²) in [5.41, 5.74) is 3.26. The number of nitrogens with zero attached hydrogens (tertiary/aromatic N) is 1. The van der Waals surface area contributed by atoms with Crippen LogP contribution in [0.3, 0.4) is 0 Å². The number of benzene rings is 2. The maximum absolute atomic E-state index is 13.9. The van der Waals surface area contributed by atoms with Crippen LogP contribution < -0.4 is 4.31 Å². The number of methoxy groups -OCH3 is 1. The molecule has 2 atom stereocenters. The van der Waals surface area contributed by atoms with Gasteiger partial charge in [0, 0.05) is 17.9 Å². The summed E-state index contributed by atoms with van der Waals surface area (Å²) >= 11 is 0. The average Bonchev–Trinajstić information content (AvgIpc) is 3.38. The molecule has 2 aromatic carbocycles. The lowest BCUT2D eigenvalue weighted by Gasteiger charge is -2.35. The first kappa shape index (κ1) is 20.2. The molecule has 4 nitrogen and oxygen atoms in total. The number of anilines is 1. The molecule has 0 N–H and O–H groups in total. The zero-order valence-corrected chi connectivity index (χ0v) is 17.8. The van der Waals surface area contributed by atoms with E-state index in [4.69, 9.17) is 4.74 Å². The van der Waals surface area contributed by atoms with Crippen molar-refractivity contribution >= 4 is 15.7 Å². The Hall–Kier alpha value is -3.05. The van der Waals surface area contributed by atoms with Gasteiger partial charge in [-0.15, -0.1) is 0 Å². The van der Waals surface area contributed by atoms with E-state index in [0.717, 1.165) is 11.1 Å². The molecule has 2 aromatic rings. The fourth-order valence-corrected chi connectivity index (χ4v) is 5.61. The number of sulfonamides is 1. The van der Waals surface area contributed by atoms with Crippen LogP contribution in [0.1, 0.15) is 5.56 Å². The molecule has 30 heavy (non-hydrogen) atoms. The largest absolute Gasteiger partial charge is 0.497 e. The van der Waals surface area contributed by atoms with Crippen molar-refractivity contribution in [1.29, 1.82) is 0 Å². The van der Waals surface area contributed by atoms with Crippen LogP contribution in [0.4, 0.5) is 5.69 Å². The summed E-state index contributed by atoms with van der Waals surface area (Å²) < 4.78 is 34.8. The van der Waals surface area contributed by atoms with Gasteiger partial charge in [-0.25, -0.2) is 8.42 Å². The fourth-order valence-electron chi connectivity index (χ4n) is 3.95. The number of rotatable bonds is 6. The topological polar surface area (TPSA) is 46.6 Å². The number of hydrogen-bond donors (Lipinski definition) is 0. The summed E-state index contributed by atoms with van der Waals surface area (Å²) in [4.78, 5) is 0.247. The molecule has 2 aliphatic carbocycles. The number of allylic oxidation sites excluding steroid dienone is 3. The minimum Gasteiger partial charge on any atom is -0.497 e. The van der Waals surface area contributed by atoms with E-state index in [1.165, 1.54) is 4.31 Å². The zero-order chi connectivity index (χ0) is 21.3. The van der Waals surface area contributed by atoms with Gasteiger partial charge in [-0.1, -0.05) is 60.7 Å². The first-order valence-corrected chi connectivity index (χ1v) is 11.2. The van der Waals surface area contributed by atoms with Gasteiger partial charge in [-0.2, -0.15) is 0 Å². The Balaban J connectivity index is 1.89. The molecule has 0 fully saturated rings. The van der Waals surface area contributed by atoms with Crippen LogP contribution in [0.25, 0.3) is 0 Å². The molecule has 1 radical (unpaired) electrons. The Labute approximate surface area is 178 Å². The molecule has 0 saturated carbocycles. The Bertz CT molecular complexity index is 1140. The molecular formula is C25H24NO3S. The van der Waals surface area contributed by atoms with Crippen LogP contribution in [-0.4, -0.2) is 21.6 Å². The van der Waals surface area contributed by atoms with Crippen molar-refractivity contribution < 1.29 is 13.2 Å². The van der Waals surface area contributed by atoms with Crippen LogP contribution in [-0.2, 0) is 14.8 Å². The van der Waals surface area contributed by atoms with Crippen LogP contribution >= 0.6 is 0 Å². The molecule has 0 aliphatic heterocycles. The van der Waals surface area contributed by atoms with Crippen molar-refractivity contribution in [3.63, 3.8) is 0 Å². The predicted octanol–water partition coefficient (Wildman–Crippen LogP) is 4.98. The van der Waals surface area contributed by atoms with Crippen LogP contribution in [0.5, 0.6) is 0 Å². The quantitative estimate of drug-likeness (QED) is 0.665. The van der Waals surface area contributed by atoms with E-state index >= 15 is 0 Å². The summed E-state index contributed by atoms with van der Waals surface area (Å²) in [5.74, 6) is 0.411. The second-order valence-electron chi connectivity index (χ2n) is 7.40. The van der Waals surface area contributed by atoms with E-state index in [1.54, 1.807) is 19.2 Å². The van der Waals surface area contributed by atoms with Gasteiger partial charge in [-0.05, 0) is 42.8 Å². The highest BCUT2D eigenvalue weighted by Crippen LogP contribution is 2.43. The lowest BCUT2D eigenvalue weighted by molar-refractivity contribution is 0.302.